The Labute approximate surface area is 263 Å². The molecule has 1 unspecified atom stereocenters. The van der Waals surface area contributed by atoms with E-state index in [1.165, 1.54) is 154 Å². The minimum Gasteiger partial charge on any atom is -0.395 e. The van der Waals surface area contributed by atoms with Crippen LogP contribution < -0.4 is 0 Å². The molecule has 5 heteroatoms. The lowest BCUT2D eigenvalue weighted by Gasteiger charge is -2.24. The maximum Gasteiger partial charge on any atom is 0.222 e. The highest BCUT2D eigenvalue weighted by Crippen LogP contribution is 2.15. The summed E-state index contributed by atoms with van der Waals surface area (Å²) in [5, 5.41) is 19.8. The van der Waals surface area contributed by atoms with Crippen LogP contribution in [0.4, 0.5) is 0 Å². The molecule has 0 spiro atoms. The van der Waals surface area contributed by atoms with Crippen LogP contribution in [0.15, 0.2) is 0 Å². The number of hydrogen-bond acceptors (Lipinski definition) is 4. The van der Waals surface area contributed by atoms with Crippen LogP contribution in [0.25, 0.3) is 0 Å². The van der Waals surface area contributed by atoms with E-state index in [-0.39, 0.29) is 32.2 Å². The Morgan fingerprint density at radius 3 is 1.31 bits per heavy atom. The molecule has 0 saturated heterocycles. The van der Waals surface area contributed by atoms with E-state index in [4.69, 9.17) is 4.74 Å². The number of carbonyl (C=O) groups excluding carboxylic acids is 1. The van der Waals surface area contributed by atoms with Crippen molar-refractivity contribution in [1.29, 1.82) is 0 Å². The van der Waals surface area contributed by atoms with Crippen molar-refractivity contribution in [3.63, 3.8) is 0 Å². The fourth-order valence-corrected chi connectivity index (χ4v) is 5.82. The molecule has 1 amide bonds. The third kappa shape index (κ3) is 30.8. The first kappa shape index (κ1) is 41.4. The number of amides is 1. The summed E-state index contributed by atoms with van der Waals surface area (Å²) in [5.74, 6) is 0.0400. The van der Waals surface area contributed by atoms with Crippen LogP contribution in [-0.4, -0.2) is 60.0 Å². The molecule has 42 heavy (non-hydrogen) atoms. The Bertz CT molecular complexity index is 530. The Kier molecular flexibility index (Phi) is 34.3. The normalized spacial score (nSPS) is 12.2. The van der Waals surface area contributed by atoms with Gasteiger partial charge in [0, 0.05) is 26.1 Å². The first-order valence-electron chi connectivity index (χ1n) is 18.8. The quantitative estimate of drug-likeness (QED) is 0.0713. The summed E-state index contributed by atoms with van der Waals surface area (Å²) in [5.41, 5.74) is 0. The van der Waals surface area contributed by atoms with E-state index in [1.54, 1.807) is 4.90 Å². The van der Waals surface area contributed by atoms with Crippen molar-refractivity contribution in [2.75, 3.05) is 32.9 Å². The van der Waals surface area contributed by atoms with Crippen LogP contribution in [-0.2, 0) is 9.53 Å². The highest BCUT2D eigenvalue weighted by atomic mass is 16.5. The van der Waals surface area contributed by atoms with Crippen molar-refractivity contribution in [2.24, 2.45) is 0 Å². The molecule has 0 radical (unpaired) electrons. The molecule has 0 aromatic heterocycles. The van der Waals surface area contributed by atoms with Crippen LogP contribution in [0.3, 0.4) is 0 Å². The van der Waals surface area contributed by atoms with E-state index >= 15 is 0 Å². The van der Waals surface area contributed by atoms with Crippen LogP contribution in [0.5, 0.6) is 0 Å². The molecular formula is C37H75NO4. The monoisotopic (exact) mass is 598 g/mol. The summed E-state index contributed by atoms with van der Waals surface area (Å²) in [4.78, 5) is 14.3. The lowest BCUT2D eigenvalue weighted by Crippen LogP contribution is -2.40. The zero-order chi connectivity index (χ0) is 30.8. The molecule has 252 valence electrons. The van der Waals surface area contributed by atoms with Crippen LogP contribution in [0.1, 0.15) is 194 Å². The Morgan fingerprint density at radius 1 is 0.571 bits per heavy atom. The van der Waals surface area contributed by atoms with Gasteiger partial charge in [-0.2, -0.15) is 0 Å². The molecule has 0 aromatic carbocycles. The zero-order valence-electron chi connectivity index (χ0n) is 28.6. The van der Waals surface area contributed by atoms with Crippen molar-refractivity contribution in [2.45, 2.75) is 200 Å². The Morgan fingerprint density at radius 2 is 0.929 bits per heavy atom. The molecule has 0 aliphatic rings. The number of ether oxygens (including phenoxy) is 1. The third-order valence-corrected chi connectivity index (χ3v) is 8.60. The van der Waals surface area contributed by atoms with Gasteiger partial charge in [-0.15, -0.1) is 0 Å². The second-order valence-corrected chi connectivity index (χ2v) is 12.9. The van der Waals surface area contributed by atoms with Gasteiger partial charge in [0.05, 0.1) is 19.3 Å². The molecule has 0 rings (SSSR count). The van der Waals surface area contributed by atoms with Gasteiger partial charge in [0.2, 0.25) is 5.91 Å². The van der Waals surface area contributed by atoms with E-state index in [9.17, 15) is 15.0 Å². The van der Waals surface area contributed by atoms with Crippen LogP contribution in [0.2, 0.25) is 0 Å². The average Bonchev–Trinajstić information content (AvgIpc) is 2.99. The molecule has 0 fully saturated rings. The lowest BCUT2D eigenvalue weighted by atomic mass is 10.0. The molecule has 2 N–H and O–H groups in total. The van der Waals surface area contributed by atoms with Gasteiger partial charge in [0.25, 0.3) is 0 Å². The molecule has 0 bridgehead atoms. The fraction of sp³-hybridized carbons (Fsp3) is 0.973. The van der Waals surface area contributed by atoms with E-state index in [0.717, 1.165) is 19.3 Å². The summed E-state index contributed by atoms with van der Waals surface area (Å²) in [6.45, 7) is 5.93. The van der Waals surface area contributed by atoms with Gasteiger partial charge in [-0.1, -0.05) is 174 Å². The van der Waals surface area contributed by atoms with E-state index < -0.39 is 6.10 Å². The summed E-state index contributed by atoms with van der Waals surface area (Å²) in [7, 11) is 0. The van der Waals surface area contributed by atoms with Gasteiger partial charge in [0.1, 0.15) is 0 Å². The first-order valence-corrected chi connectivity index (χ1v) is 18.8. The van der Waals surface area contributed by atoms with Crippen molar-refractivity contribution < 1.29 is 19.7 Å². The molecule has 0 aliphatic heterocycles. The maximum atomic E-state index is 12.7. The SMILES string of the molecule is CCCCCCCCCCCCCCCCOCC(O)CN(CCO)C(=O)CCCCCCCCCCCCCCC. The Balaban J connectivity index is 3.62. The highest BCUT2D eigenvalue weighted by Gasteiger charge is 2.17. The van der Waals surface area contributed by atoms with Crippen molar-refractivity contribution in [3.8, 4) is 0 Å². The van der Waals surface area contributed by atoms with E-state index in [0.29, 0.717) is 13.0 Å². The molecule has 1 atom stereocenters. The number of rotatable bonds is 35. The number of aliphatic hydroxyl groups is 2. The maximum absolute atomic E-state index is 12.7. The largest absolute Gasteiger partial charge is 0.395 e. The van der Waals surface area contributed by atoms with Gasteiger partial charge < -0.3 is 19.8 Å². The third-order valence-electron chi connectivity index (χ3n) is 8.60. The van der Waals surface area contributed by atoms with Gasteiger partial charge in [-0.3, -0.25) is 4.79 Å². The molecule has 5 nitrogen and oxygen atoms in total. The minimum absolute atomic E-state index is 0.0400. The number of nitrogens with zero attached hydrogens (tertiary/aromatic N) is 1. The molecule has 0 heterocycles. The van der Waals surface area contributed by atoms with Crippen molar-refractivity contribution in [3.05, 3.63) is 0 Å². The molecule has 0 aliphatic carbocycles. The molecule has 0 aromatic rings. The summed E-state index contributed by atoms with van der Waals surface area (Å²) < 4.78 is 5.69. The number of hydrogen-bond donors (Lipinski definition) is 2. The van der Waals surface area contributed by atoms with E-state index in [1.807, 2.05) is 0 Å². The smallest absolute Gasteiger partial charge is 0.222 e. The lowest BCUT2D eigenvalue weighted by molar-refractivity contribution is -0.134. The fourth-order valence-electron chi connectivity index (χ4n) is 5.82. The summed E-state index contributed by atoms with van der Waals surface area (Å²) in [6.07, 6.45) is 35.3. The van der Waals surface area contributed by atoms with Gasteiger partial charge in [0.15, 0.2) is 0 Å². The molecule has 0 saturated carbocycles. The van der Waals surface area contributed by atoms with Crippen LogP contribution in [0, 0.1) is 0 Å². The van der Waals surface area contributed by atoms with E-state index in [2.05, 4.69) is 13.8 Å². The Hall–Kier alpha value is -0.650. The zero-order valence-corrected chi connectivity index (χ0v) is 28.6. The predicted molar refractivity (Wildman–Crippen MR) is 181 cm³/mol. The van der Waals surface area contributed by atoms with Crippen molar-refractivity contribution in [1.82, 2.24) is 4.90 Å². The second kappa shape index (κ2) is 34.8. The predicted octanol–water partition coefficient (Wildman–Crippen LogP) is 10.1. The average molecular weight is 598 g/mol. The number of carbonyl (C=O) groups is 1. The topological polar surface area (TPSA) is 70.0 Å². The highest BCUT2D eigenvalue weighted by molar-refractivity contribution is 5.76. The summed E-state index contributed by atoms with van der Waals surface area (Å²) in [6, 6.07) is 0. The van der Waals surface area contributed by atoms with Gasteiger partial charge in [-0.05, 0) is 12.8 Å². The van der Waals surface area contributed by atoms with Crippen LogP contribution >= 0.6 is 0 Å². The van der Waals surface area contributed by atoms with Gasteiger partial charge in [-0.25, -0.2) is 0 Å². The number of unbranched alkanes of at least 4 members (excludes halogenated alkanes) is 25. The van der Waals surface area contributed by atoms with Crippen molar-refractivity contribution >= 4 is 5.91 Å². The standard InChI is InChI=1S/C37H75NO4/c1-3-5-7-9-11-13-15-17-19-21-23-25-27-29-33-42-35-36(40)34-38(31-32-39)37(41)30-28-26-24-22-20-18-16-14-12-10-8-6-4-2/h36,39-40H,3-35H2,1-2H3. The minimum atomic E-state index is -0.696. The van der Waals surface area contributed by atoms with Gasteiger partial charge >= 0.3 is 0 Å². The molecular weight excluding hydrogens is 522 g/mol. The summed E-state index contributed by atoms with van der Waals surface area (Å²) >= 11 is 0. The number of aliphatic hydroxyl groups excluding tert-OH is 2. The second-order valence-electron chi connectivity index (χ2n) is 12.9. The first-order chi connectivity index (χ1) is 20.7.